The summed E-state index contributed by atoms with van der Waals surface area (Å²) < 4.78 is 0. The second-order valence-corrected chi connectivity index (χ2v) is 4.71. The Morgan fingerprint density at radius 2 is 1.38 bits per heavy atom. The van der Waals surface area contributed by atoms with Gasteiger partial charge in [-0.1, -0.05) is 23.8 Å². The van der Waals surface area contributed by atoms with Crippen molar-refractivity contribution in [2.75, 3.05) is 16.0 Å². The summed E-state index contributed by atoms with van der Waals surface area (Å²) in [4.78, 5) is 22.9. The predicted molar refractivity (Wildman–Crippen MR) is 84.6 cm³/mol. The van der Waals surface area contributed by atoms with Gasteiger partial charge in [0.1, 0.15) is 0 Å². The number of carbonyl (C=O) groups is 2. The molecule has 5 nitrogen and oxygen atoms in total. The van der Waals surface area contributed by atoms with Gasteiger partial charge in [-0.3, -0.25) is 4.79 Å². The molecule has 5 heteroatoms. The molecule has 0 aliphatic rings. The van der Waals surface area contributed by atoms with E-state index in [0.29, 0.717) is 11.4 Å². The molecule has 0 aromatic heterocycles. The molecule has 2 aromatic rings. The van der Waals surface area contributed by atoms with Gasteiger partial charge in [0, 0.05) is 24.0 Å². The second kappa shape index (κ2) is 6.56. The van der Waals surface area contributed by atoms with Gasteiger partial charge >= 0.3 is 6.03 Å². The molecule has 0 saturated carbocycles. The number of benzene rings is 2. The number of hydrogen-bond acceptors (Lipinski definition) is 2. The van der Waals surface area contributed by atoms with Crippen LogP contribution in [0.15, 0.2) is 48.5 Å². The lowest BCUT2D eigenvalue weighted by atomic mass is 10.2. The van der Waals surface area contributed by atoms with Crippen LogP contribution in [0, 0.1) is 6.92 Å². The van der Waals surface area contributed by atoms with Gasteiger partial charge in [-0.2, -0.15) is 0 Å². The van der Waals surface area contributed by atoms with Crippen molar-refractivity contribution in [2.45, 2.75) is 13.8 Å². The van der Waals surface area contributed by atoms with Crippen molar-refractivity contribution in [1.82, 2.24) is 0 Å². The largest absolute Gasteiger partial charge is 0.326 e. The first-order valence-electron chi connectivity index (χ1n) is 6.55. The molecule has 0 unspecified atom stereocenters. The van der Waals surface area contributed by atoms with Crippen molar-refractivity contribution < 1.29 is 9.59 Å². The van der Waals surface area contributed by atoms with Gasteiger partial charge in [0.2, 0.25) is 5.91 Å². The van der Waals surface area contributed by atoms with Gasteiger partial charge in [0.05, 0.1) is 0 Å². The van der Waals surface area contributed by atoms with Crippen LogP contribution in [-0.4, -0.2) is 11.9 Å². The third kappa shape index (κ3) is 4.65. The Kier molecular flexibility index (Phi) is 4.56. The van der Waals surface area contributed by atoms with E-state index in [2.05, 4.69) is 16.0 Å². The Hall–Kier alpha value is -2.82. The van der Waals surface area contributed by atoms with Crippen molar-refractivity contribution >= 4 is 29.0 Å². The molecule has 0 heterocycles. The predicted octanol–water partition coefficient (Wildman–Crippen LogP) is 3.60. The highest BCUT2D eigenvalue weighted by Gasteiger charge is 2.03. The molecule has 0 aliphatic heterocycles. The van der Waals surface area contributed by atoms with E-state index in [9.17, 15) is 9.59 Å². The van der Waals surface area contributed by atoms with E-state index in [4.69, 9.17) is 0 Å². The minimum absolute atomic E-state index is 0.156. The topological polar surface area (TPSA) is 70.2 Å². The van der Waals surface area contributed by atoms with Crippen LogP contribution in [0.5, 0.6) is 0 Å². The fourth-order valence-corrected chi connectivity index (χ4v) is 1.81. The molecule has 0 aliphatic carbocycles. The molecule has 0 fully saturated rings. The first-order chi connectivity index (χ1) is 10.0. The average Bonchev–Trinajstić information content (AvgIpc) is 2.41. The molecule has 2 aromatic carbocycles. The Morgan fingerprint density at radius 1 is 0.810 bits per heavy atom. The fraction of sp³-hybridized carbons (Fsp3) is 0.125. The normalized spacial score (nSPS) is 9.81. The Labute approximate surface area is 123 Å². The molecular formula is C16H17N3O2. The molecule has 108 valence electrons. The van der Waals surface area contributed by atoms with Crippen LogP contribution in [0.4, 0.5) is 21.9 Å². The maximum absolute atomic E-state index is 11.9. The van der Waals surface area contributed by atoms with Crippen LogP contribution in [0.2, 0.25) is 0 Å². The lowest BCUT2D eigenvalue weighted by Gasteiger charge is -2.09. The van der Waals surface area contributed by atoms with Crippen LogP contribution in [-0.2, 0) is 4.79 Å². The van der Waals surface area contributed by atoms with Crippen molar-refractivity contribution in [3.05, 3.63) is 54.1 Å². The van der Waals surface area contributed by atoms with Crippen molar-refractivity contribution in [2.24, 2.45) is 0 Å². The van der Waals surface area contributed by atoms with Gasteiger partial charge < -0.3 is 16.0 Å². The van der Waals surface area contributed by atoms with Crippen LogP contribution in [0.1, 0.15) is 12.5 Å². The Bertz CT molecular complexity index is 651. The molecule has 0 spiro atoms. The lowest BCUT2D eigenvalue weighted by molar-refractivity contribution is -0.114. The van der Waals surface area contributed by atoms with Crippen LogP contribution in [0.25, 0.3) is 0 Å². The zero-order valence-electron chi connectivity index (χ0n) is 11.9. The minimum atomic E-state index is -0.334. The SMILES string of the molecule is CC(=O)Nc1cccc(NC(=O)Nc2ccc(C)cc2)c1. The molecule has 2 rings (SSSR count). The number of hydrogen-bond donors (Lipinski definition) is 3. The molecule has 0 radical (unpaired) electrons. The summed E-state index contributed by atoms with van der Waals surface area (Å²) in [5.41, 5.74) is 3.08. The zero-order chi connectivity index (χ0) is 15.2. The monoisotopic (exact) mass is 283 g/mol. The molecule has 0 saturated heterocycles. The summed E-state index contributed by atoms with van der Waals surface area (Å²) in [6.45, 7) is 3.42. The summed E-state index contributed by atoms with van der Waals surface area (Å²) in [5, 5.41) is 8.12. The standard InChI is InChI=1S/C16H17N3O2/c1-11-6-8-13(9-7-11)18-16(21)19-15-5-3-4-14(10-15)17-12(2)20/h3-10H,1-2H3,(H,17,20)(H2,18,19,21). The number of aryl methyl sites for hydroxylation is 1. The molecule has 21 heavy (non-hydrogen) atoms. The summed E-state index contributed by atoms with van der Waals surface area (Å²) in [6, 6.07) is 14.1. The number of nitrogens with one attached hydrogen (secondary N) is 3. The summed E-state index contributed by atoms with van der Waals surface area (Å²) in [7, 11) is 0. The molecule has 0 bridgehead atoms. The van der Waals surface area contributed by atoms with Crippen LogP contribution in [0.3, 0.4) is 0 Å². The van der Waals surface area contributed by atoms with E-state index in [1.165, 1.54) is 6.92 Å². The summed E-state index contributed by atoms with van der Waals surface area (Å²) in [5.74, 6) is -0.156. The first kappa shape index (κ1) is 14.6. The highest BCUT2D eigenvalue weighted by molar-refractivity contribution is 6.00. The molecule has 0 atom stereocenters. The molecule has 3 N–H and O–H groups in total. The van der Waals surface area contributed by atoms with Gasteiger partial charge in [-0.25, -0.2) is 4.79 Å². The Balaban J connectivity index is 1.99. The van der Waals surface area contributed by atoms with Gasteiger partial charge in [-0.05, 0) is 37.3 Å². The van der Waals surface area contributed by atoms with E-state index >= 15 is 0 Å². The van der Waals surface area contributed by atoms with Gasteiger partial charge in [-0.15, -0.1) is 0 Å². The lowest BCUT2D eigenvalue weighted by Crippen LogP contribution is -2.19. The highest BCUT2D eigenvalue weighted by atomic mass is 16.2. The molecule has 3 amide bonds. The summed E-state index contributed by atoms with van der Waals surface area (Å²) in [6.07, 6.45) is 0. The maximum Gasteiger partial charge on any atom is 0.323 e. The van der Waals surface area contributed by atoms with Gasteiger partial charge in [0.25, 0.3) is 0 Å². The number of amides is 3. The van der Waals surface area contributed by atoms with E-state index in [0.717, 1.165) is 11.3 Å². The highest BCUT2D eigenvalue weighted by Crippen LogP contribution is 2.16. The number of urea groups is 1. The number of rotatable bonds is 3. The van der Waals surface area contributed by atoms with Crippen molar-refractivity contribution in [3.8, 4) is 0 Å². The second-order valence-electron chi connectivity index (χ2n) is 4.71. The fourth-order valence-electron chi connectivity index (χ4n) is 1.81. The number of anilines is 3. The van der Waals surface area contributed by atoms with Gasteiger partial charge in [0.15, 0.2) is 0 Å². The average molecular weight is 283 g/mol. The van der Waals surface area contributed by atoms with Crippen LogP contribution >= 0.6 is 0 Å². The van der Waals surface area contributed by atoms with E-state index in [1.807, 2.05) is 31.2 Å². The first-order valence-corrected chi connectivity index (χ1v) is 6.55. The van der Waals surface area contributed by atoms with E-state index in [1.54, 1.807) is 24.3 Å². The quantitative estimate of drug-likeness (QED) is 0.805. The van der Waals surface area contributed by atoms with Crippen LogP contribution < -0.4 is 16.0 Å². The third-order valence-electron chi connectivity index (χ3n) is 2.75. The smallest absolute Gasteiger partial charge is 0.323 e. The summed E-state index contributed by atoms with van der Waals surface area (Å²) >= 11 is 0. The van der Waals surface area contributed by atoms with Crippen molar-refractivity contribution in [3.63, 3.8) is 0 Å². The maximum atomic E-state index is 11.9. The Morgan fingerprint density at radius 3 is 2.00 bits per heavy atom. The zero-order valence-corrected chi connectivity index (χ0v) is 11.9. The minimum Gasteiger partial charge on any atom is -0.326 e. The van der Waals surface area contributed by atoms with E-state index < -0.39 is 0 Å². The number of carbonyl (C=O) groups excluding carboxylic acids is 2. The van der Waals surface area contributed by atoms with E-state index in [-0.39, 0.29) is 11.9 Å². The molecular weight excluding hydrogens is 266 g/mol. The third-order valence-corrected chi connectivity index (χ3v) is 2.75. The van der Waals surface area contributed by atoms with Crippen molar-refractivity contribution in [1.29, 1.82) is 0 Å².